The molecule has 5 rings (SSSR count). The highest BCUT2D eigenvalue weighted by Gasteiger charge is 2.26. The number of urea groups is 1. The van der Waals surface area contributed by atoms with Gasteiger partial charge in [-0.1, -0.05) is 17.7 Å². The Morgan fingerprint density at radius 2 is 2.15 bits per heavy atom. The van der Waals surface area contributed by atoms with Gasteiger partial charge < -0.3 is 19.8 Å². The number of pyridine rings is 1. The van der Waals surface area contributed by atoms with Crippen molar-refractivity contribution in [1.29, 1.82) is 0 Å². The Labute approximate surface area is 203 Å². The van der Waals surface area contributed by atoms with Crippen LogP contribution in [0.15, 0.2) is 47.1 Å². The molecule has 1 aliphatic rings. The van der Waals surface area contributed by atoms with Gasteiger partial charge in [-0.2, -0.15) is 0 Å². The van der Waals surface area contributed by atoms with Crippen LogP contribution in [0, 0.1) is 0 Å². The first-order valence-corrected chi connectivity index (χ1v) is 12.2. The number of rotatable bonds is 5. The Balaban J connectivity index is 1.55. The number of halogens is 2. The molecule has 4 aromatic rings. The molecular formula is C23H22ClFN6O2S. The maximum Gasteiger partial charge on any atom is 0.317 e. The van der Waals surface area contributed by atoms with Crippen LogP contribution in [-0.4, -0.2) is 56.3 Å². The fourth-order valence-corrected chi connectivity index (χ4v) is 5.53. The van der Waals surface area contributed by atoms with Crippen LogP contribution in [0.25, 0.3) is 32.7 Å². The smallest absolute Gasteiger partial charge is 0.317 e. The number of carbonyl (C=O) groups is 1. The largest absolute Gasteiger partial charge is 0.336 e. The number of carbonyl (C=O) groups excluding carboxylic acids is 1. The van der Waals surface area contributed by atoms with Gasteiger partial charge in [-0.15, -0.1) is 11.3 Å². The van der Waals surface area contributed by atoms with Crippen molar-refractivity contribution in [2.75, 3.05) is 19.6 Å². The average Bonchev–Trinajstić information content (AvgIpc) is 3.41. The predicted molar refractivity (Wildman–Crippen MR) is 131 cm³/mol. The van der Waals surface area contributed by atoms with Gasteiger partial charge in [0.1, 0.15) is 17.2 Å². The van der Waals surface area contributed by atoms with Gasteiger partial charge in [-0.05, 0) is 30.4 Å². The van der Waals surface area contributed by atoms with Crippen LogP contribution in [0.1, 0.15) is 12.8 Å². The minimum absolute atomic E-state index is 0.237. The molecule has 4 aromatic heterocycles. The summed E-state index contributed by atoms with van der Waals surface area (Å²) in [6.07, 6.45) is 4.65. The summed E-state index contributed by atoms with van der Waals surface area (Å²) in [6.45, 7) is 1.38. The van der Waals surface area contributed by atoms with Crippen LogP contribution in [0.3, 0.4) is 0 Å². The number of hydrogen-bond acceptors (Lipinski definition) is 5. The highest BCUT2D eigenvalue weighted by Crippen LogP contribution is 2.43. The van der Waals surface area contributed by atoms with Crippen molar-refractivity contribution in [1.82, 2.24) is 29.7 Å². The van der Waals surface area contributed by atoms with Crippen LogP contribution in [-0.2, 0) is 6.54 Å². The maximum absolute atomic E-state index is 13.4. The van der Waals surface area contributed by atoms with Crippen LogP contribution in [0.4, 0.5) is 9.18 Å². The number of nitrogens with zero attached hydrogens (tertiary/aromatic N) is 4. The Kier molecular flexibility index (Phi) is 6.34. The number of hydrogen-bond donors (Lipinski definition) is 2. The summed E-state index contributed by atoms with van der Waals surface area (Å²) in [6, 6.07) is 5.31. The van der Waals surface area contributed by atoms with Crippen molar-refractivity contribution in [2.45, 2.75) is 25.6 Å². The zero-order valence-corrected chi connectivity index (χ0v) is 19.7. The Hall–Kier alpha value is -3.24. The Bertz CT molecular complexity index is 1380. The second kappa shape index (κ2) is 9.55. The lowest BCUT2D eigenvalue weighted by Crippen LogP contribution is -2.45. The molecule has 1 aliphatic heterocycles. The molecule has 2 N–H and O–H groups in total. The lowest BCUT2D eigenvalue weighted by atomic mass is 10.1. The number of H-pyrrole nitrogens is 1. The van der Waals surface area contributed by atoms with E-state index in [0.29, 0.717) is 48.5 Å². The molecule has 5 heterocycles. The second-order valence-corrected chi connectivity index (χ2v) is 9.36. The standard InChI is InChI=1S/C23H22ClFN6O2S/c24-16-5-11-34-21(16)19-17(14-2-1-6-26-12-14)18-20(22(32)29-13-28-18)31(19)10-7-27-23(33)30-8-3-15(25)4-9-30/h1-2,5-6,11-13,15H,3-4,7-10H2,(H,27,33)(H,28,29,32). The SMILES string of the molecule is O=C(NCCn1c(-c2sccc2Cl)c(-c2cccnc2)c2nc[nH]c(=O)c21)N1CCC(F)CC1. The molecular weight excluding hydrogens is 479 g/mol. The number of aromatic nitrogens is 4. The lowest BCUT2D eigenvalue weighted by molar-refractivity contribution is 0.152. The van der Waals surface area contributed by atoms with Crippen molar-refractivity contribution >= 4 is 40.0 Å². The quantitative estimate of drug-likeness (QED) is 0.427. The number of fused-ring (bicyclic) bond motifs is 1. The third-order valence-electron chi connectivity index (χ3n) is 5.95. The van der Waals surface area contributed by atoms with Gasteiger partial charge in [0.25, 0.3) is 5.56 Å². The number of likely N-dealkylation sites (tertiary alicyclic amines) is 1. The Morgan fingerprint density at radius 3 is 2.85 bits per heavy atom. The summed E-state index contributed by atoms with van der Waals surface area (Å²) < 4.78 is 15.3. The van der Waals surface area contributed by atoms with Gasteiger partial charge in [0, 0.05) is 49.7 Å². The van der Waals surface area contributed by atoms with Crippen molar-refractivity contribution in [3.63, 3.8) is 0 Å². The fraction of sp³-hybridized carbons (Fsp3) is 0.304. The summed E-state index contributed by atoms with van der Waals surface area (Å²) in [5.41, 5.74) is 2.96. The number of nitrogens with one attached hydrogen (secondary N) is 2. The van der Waals surface area contributed by atoms with E-state index in [1.807, 2.05) is 28.1 Å². The Morgan fingerprint density at radius 1 is 1.32 bits per heavy atom. The fourth-order valence-electron chi connectivity index (χ4n) is 4.33. The van der Waals surface area contributed by atoms with Gasteiger partial charge in [-0.25, -0.2) is 14.2 Å². The molecule has 0 aromatic carbocycles. The monoisotopic (exact) mass is 500 g/mol. The summed E-state index contributed by atoms with van der Waals surface area (Å²) in [7, 11) is 0. The molecule has 0 radical (unpaired) electrons. The van der Waals surface area contributed by atoms with Crippen LogP contribution in [0.2, 0.25) is 5.02 Å². The maximum atomic E-state index is 13.4. The van der Waals surface area contributed by atoms with Crippen LogP contribution < -0.4 is 10.9 Å². The van der Waals surface area contributed by atoms with Gasteiger partial charge >= 0.3 is 6.03 Å². The molecule has 1 fully saturated rings. The van der Waals surface area contributed by atoms with E-state index < -0.39 is 6.17 Å². The molecule has 8 nitrogen and oxygen atoms in total. The summed E-state index contributed by atoms with van der Waals surface area (Å²) in [5, 5.41) is 5.36. The van der Waals surface area contributed by atoms with Crippen molar-refractivity contribution in [2.24, 2.45) is 0 Å². The van der Waals surface area contributed by atoms with E-state index >= 15 is 0 Å². The summed E-state index contributed by atoms with van der Waals surface area (Å²) in [5.74, 6) is 0. The van der Waals surface area contributed by atoms with Crippen molar-refractivity contribution in [3.05, 3.63) is 57.7 Å². The number of piperidine rings is 1. The molecule has 0 bridgehead atoms. The van der Waals surface area contributed by atoms with Crippen LogP contribution in [0.5, 0.6) is 0 Å². The minimum Gasteiger partial charge on any atom is -0.336 e. The topological polar surface area (TPSA) is 95.9 Å². The first-order valence-electron chi connectivity index (χ1n) is 10.9. The minimum atomic E-state index is -0.849. The summed E-state index contributed by atoms with van der Waals surface area (Å²) >= 11 is 8.00. The van der Waals surface area contributed by atoms with Crippen LogP contribution >= 0.6 is 22.9 Å². The zero-order valence-electron chi connectivity index (χ0n) is 18.1. The van der Waals surface area contributed by atoms with Gasteiger partial charge in [0.15, 0.2) is 0 Å². The van der Waals surface area contributed by atoms with E-state index in [4.69, 9.17) is 11.6 Å². The average molecular weight is 501 g/mol. The molecule has 0 atom stereocenters. The first-order chi connectivity index (χ1) is 16.5. The van der Waals surface area contributed by atoms with E-state index in [2.05, 4.69) is 20.3 Å². The molecule has 2 amide bonds. The summed E-state index contributed by atoms with van der Waals surface area (Å²) in [4.78, 5) is 39.3. The highest BCUT2D eigenvalue weighted by atomic mass is 35.5. The predicted octanol–water partition coefficient (Wildman–Crippen LogP) is 4.31. The molecule has 0 spiro atoms. The molecule has 176 valence electrons. The van der Waals surface area contributed by atoms with Gasteiger partial charge in [0.05, 0.1) is 21.9 Å². The zero-order chi connectivity index (χ0) is 23.7. The van der Waals surface area contributed by atoms with Gasteiger partial charge in [0.2, 0.25) is 0 Å². The van der Waals surface area contributed by atoms with E-state index in [1.54, 1.807) is 17.3 Å². The van der Waals surface area contributed by atoms with E-state index in [0.717, 1.165) is 21.7 Å². The van der Waals surface area contributed by atoms with Crippen molar-refractivity contribution in [3.8, 4) is 21.7 Å². The van der Waals surface area contributed by atoms with E-state index in [-0.39, 0.29) is 18.1 Å². The highest BCUT2D eigenvalue weighted by molar-refractivity contribution is 7.14. The second-order valence-electron chi connectivity index (χ2n) is 8.04. The molecule has 0 aliphatic carbocycles. The lowest BCUT2D eigenvalue weighted by Gasteiger charge is -2.28. The number of alkyl halides is 1. The molecule has 34 heavy (non-hydrogen) atoms. The number of thiophene rings is 1. The molecule has 11 heteroatoms. The molecule has 0 saturated carbocycles. The van der Waals surface area contributed by atoms with Gasteiger partial charge in [-0.3, -0.25) is 9.78 Å². The van der Waals surface area contributed by atoms with E-state index in [9.17, 15) is 14.0 Å². The third-order valence-corrected chi connectivity index (χ3v) is 7.30. The molecule has 0 unspecified atom stereocenters. The number of amides is 2. The normalized spacial score (nSPS) is 14.6. The molecule has 1 saturated heterocycles. The number of aromatic amines is 1. The third kappa shape index (κ3) is 4.19. The van der Waals surface area contributed by atoms with E-state index in [1.165, 1.54) is 17.7 Å². The van der Waals surface area contributed by atoms with Crippen molar-refractivity contribution < 1.29 is 9.18 Å². The first kappa shape index (κ1) is 22.5.